The number of nitrogens with one attached hydrogen (secondary N) is 1. The zero-order valence-electron chi connectivity index (χ0n) is 14.0. The van der Waals surface area contributed by atoms with Gasteiger partial charge in [-0.05, 0) is 36.2 Å². The summed E-state index contributed by atoms with van der Waals surface area (Å²) in [5, 5.41) is 2.83. The number of carbonyl (C=O) groups is 1. The first-order chi connectivity index (χ1) is 12.2. The highest BCUT2D eigenvalue weighted by molar-refractivity contribution is 6.03. The molecule has 0 saturated carbocycles. The maximum atomic E-state index is 12.3. The Morgan fingerprint density at radius 1 is 1.08 bits per heavy atom. The number of nitrogens with zero attached hydrogens (tertiary/aromatic N) is 4. The van der Waals surface area contributed by atoms with Crippen LogP contribution in [0.3, 0.4) is 0 Å². The molecule has 0 aliphatic rings. The van der Waals surface area contributed by atoms with E-state index in [0.717, 1.165) is 18.7 Å². The largest absolute Gasteiger partial charge is 0.359 e. The predicted octanol–water partition coefficient (Wildman–Crippen LogP) is 2.80. The second kappa shape index (κ2) is 8.01. The summed E-state index contributed by atoms with van der Waals surface area (Å²) in [5.41, 5.74) is 2.28. The van der Waals surface area contributed by atoms with Gasteiger partial charge in [-0.15, -0.1) is 0 Å². The molecular weight excluding hydrogens is 314 g/mol. The number of likely N-dealkylation sites (N-methyl/N-ethyl adjacent to an activating group) is 1. The summed E-state index contributed by atoms with van der Waals surface area (Å²) < 4.78 is 0. The van der Waals surface area contributed by atoms with E-state index < -0.39 is 0 Å². The summed E-state index contributed by atoms with van der Waals surface area (Å²) in [5.74, 6) is 0.458. The number of amides is 1. The van der Waals surface area contributed by atoms with E-state index in [9.17, 15) is 4.79 Å². The highest BCUT2D eigenvalue weighted by Gasteiger charge is 2.11. The van der Waals surface area contributed by atoms with Gasteiger partial charge in [0.05, 0.1) is 0 Å². The van der Waals surface area contributed by atoms with E-state index in [0.29, 0.717) is 11.5 Å². The van der Waals surface area contributed by atoms with Crippen LogP contribution in [-0.2, 0) is 6.42 Å². The molecule has 2 heterocycles. The molecule has 6 heteroatoms. The molecule has 1 aromatic carbocycles. The lowest BCUT2D eigenvalue weighted by Gasteiger charge is -2.18. The van der Waals surface area contributed by atoms with E-state index in [4.69, 9.17) is 0 Å². The first kappa shape index (κ1) is 16.6. The van der Waals surface area contributed by atoms with E-state index in [1.165, 1.54) is 11.9 Å². The summed E-state index contributed by atoms with van der Waals surface area (Å²) in [4.78, 5) is 26.7. The minimum atomic E-state index is -0.252. The topological polar surface area (TPSA) is 71.0 Å². The van der Waals surface area contributed by atoms with Crippen molar-refractivity contribution in [3.8, 4) is 0 Å². The summed E-state index contributed by atoms with van der Waals surface area (Å²) in [6.45, 7) is 0.779. The van der Waals surface area contributed by atoms with Gasteiger partial charge in [-0.3, -0.25) is 9.78 Å². The van der Waals surface area contributed by atoms with Gasteiger partial charge in [-0.25, -0.2) is 9.97 Å². The molecule has 0 aliphatic heterocycles. The van der Waals surface area contributed by atoms with Crippen LogP contribution in [0, 0.1) is 0 Å². The molecule has 1 amide bonds. The van der Waals surface area contributed by atoms with Crippen molar-refractivity contribution in [2.45, 2.75) is 6.42 Å². The molecule has 6 nitrogen and oxygen atoms in total. The second-order valence-corrected chi connectivity index (χ2v) is 5.61. The summed E-state index contributed by atoms with van der Waals surface area (Å²) >= 11 is 0. The van der Waals surface area contributed by atoms with Gasteiger partial charge in [-0.1, -0.05) is 18.2 Å². The van der Waals surface area contributed by atoms with E-state index in [-0.39, 0.29) is 5.91 Å². The number of hydrogen-bond acceptors (Lipinski definition) is 5. The first-order valence-corrected chi connectivity index (χ1v) is 8.01. The number of anilines is 2. The van der Waals surface area contributed by atoms with Crippen molar-refractivity contribution in [3.63, 3.8) is 0 Å². The van der Waals surface area contributed by atoms with Crippen LogP contribution < -0.4 is 10.2 Å². The summed E-state index contributed by atoms with van der Waals surface area (Å²) in [6.07, 6.45) is 5.85. The third kappa shape index (κ3) is 4.60. The lowest BCUT2D eigenvalue weighted by atomic mass is 10.2. The van der Waals surface area contributed by atoms with Gasteiger partial charge < -0.3 is 10.2 Å². The van der Waals surface area contributed by atoms with Crippen LogP contribution in [0.25, 0.3) is 0 Å². The number of pyridine rings is 1. The fourth-order valence-corrected chi connectivity index (χ4v) is 2.36. The van der Waals surface area contributed by atoms with Crippen LogP contribution in [0.5, 0.6) is 0 Å². The fraction of sp³-hybridized carbons (Fsp3) is 0.158. The molecule has 126 valence electrons. The first-order valence-electron chi connectivity index (χ1n) is 8.01. The standard InChI is InChI=1S/C19H19N5O/c1-24(12-9-15-7-10-20-11-8-15)18-13-17(21-14-22-18)19(25)23-16-5-3-2-4-6-16/h2-8,10-11,13-14H,9,12H2,1H3,(H,23,25). The van der Waals surface area contributed by atoms with Gasteiger partial charge in [0.15, 0.2) is 0 Å². The number of rotatable bonds is 6. The molecule has 0 saturated heterocycles. The molecule has 1 N–H and O–H groups in total. The lowest BCUT2D eigenvalue weighted by molar-refractivity contribution is 0.102. The molecule has 0 radical (unpaired) electrons. The van der Waals surface area contributed by atoms with Gasteiger partial charge in [0.1, 0.15) is 17.8 Å². The smallest absolute Gasteiger partial charge is 0.274 e. The molecular formula is C19H19N5O. The maximum absolute atomic E-state index is 12.3. The van der Waals surface area contributed by atoms with Gasteiger partial charge in [0.2, 0.25) is 0 Å². The number of carbonyl (C=O) groups excluding carboxylic acids is 1. The zero-order valence-corrected chi connectivity index (χ0v) is 14.0. The van der Waals surface area contributed by atoms with Crippen molar-refractivity contribution >= 4 is 17.4 Å². The molecule has 0 bridgehead atoms. The van der Waals surface area contributed by atoms with Crippen LogP contribution in [0.1, 0.15) is 16.1 Å². The molecule has 3 rings (SSSR count). The van der Waals surface area contributed by atoms with Crippen LogP contribution >= 0.6 is 0 Å². The molecule has 3 aromatic rings. The van der Waals surface area contributed by atoms with E-state index in [2.05, 4.69) is 20.3 Å². The van der Waals surface area contributed by atoms with Crippen molar-refractivity contribution in [2.75, 3.05) is 23.8 Å². The summed E-state index contributed by atoms with van der Waals surface area (Å²) in [6, 6.07) is 15.0. The van der Waals surface area contributed by atoms with Gasteiger partial charge in [0.25, 0.3) is 5.91 Å². The monoisotopic (exact) mass is 333 g/mol. The minimum Gasteiger partial charge on any atom is -0.359 e. The van der Waals surface area contributed by atoms with Crippen LogP contribution in [-0.4, -0.2) is 34.5 Å². The SMILES string of the molecule is CN(CCc1ccncc1)c1cc(C(=O)Nc2ccccc2)ncn1. The molecule has 2 aromatic heterocycles. The Morgan fingerprint density at radius 2 is 1.84 bits per heavy atom. The molecule has 0 fully saturated rings. The number of hydrogen-bond donors (Lipinski definition) is 1. The van der Waals surface area contributed by atoms with Crippen molar-refractivity contribution in [3.05, 3.63) is 78.5 Å². The molecule has 0 spiro atoms. The Morgan fingerprint density at radius 3 is 2.60 bits per heavy atom. The average Bonchev–Trinajstić information content (AvgIpc) is 2.68. The minimum absolute atomic E-state index is 0.252. The third-order valence-electron chi connectivity index (χ3n) is 3.79. The van der Waals surface area contributed by atoms with E-state index in [1.807, 2.05) is 54.4 Å². The quantitative estimate of drug-likeness (QED) is 0.751. The third-order valence-corrected chi connectivity index (χ3v) is 3.79. The van der Waals surface area contributed by atoms with E-state index in [1.54, 1.807) is 18.5 Å². The van der Waals surface area contributed by atoms with Crippen LogP contribution in [0.2, 0.25) is 0 Å². The van der Waals surface area contributed by atoms with Crippen molar-refractivity contribution in [2.24, 2.45) is 0 Å². The van der Waals surface area contributed by atoms with Gasteiger partial charge in [0, 0.05) is 37.7 Å². The Kier molecular flexibility index (Phi) is 5.31. The fourth-order valence-electron chi connectivity index (χ4n) is 2.36. The number of para-hydroxylation sites is 1. The second-order valence-electron chi connectivity index (χ2n) is 5.61. The van der Waals surface area contributed by atoms with E-state index >= 15 is 0 Å². The summed E-state index contributed by atoms with van der Waals surface area (Å²) in [7, 11) is 1.95. The van der Waals surface area contributed by atoms with Crippen LogP contribution in [0.4, 0.5) is 11.5 Å². The Hall–Kier alpha value is -3.28. The lowest BCUT2D eigenvalue weighted by Crippen LogP contribution is -2.23. The highest BCUT2D eigenvalue weighted by atomic mass is 16.1. The Bertz CT molecular complexity index is 823. The Labute approximate surface area is 146 Å². The van der Waals surface area contributed by atoms with Gasteiger partial charge >= 0.3 is 0 Å². The van der Waals surface area contributed by atoms with Crippen molar-refractivity contribution < 1.29 is 4.79 Å². The molecule has 25 heavy (non-hydrogen) atoms. The van der Waals surface area contributed by atoms with Crippen molar-refractivity contribution in [1.82, 2.24) is 15.0 Å². The van der Waals surface area contributed by atoms with Gasteiger partial charge in [-0.2, -0.15) is 0 Å². The normalized spacial score (nSPS) is 10.3. The van der Waals surface area contributed by atoms with Crippen LogP contribution in [0.15, 0.2) is 67.3 Å². The average molecular weight is 333 g/mol. The Balaban J connectivity index is 1.65. The molecule has 0 unspecified atom stereocenters. The highest BCUT2D eigenvalue weighted by Crippen LogP contribution is 2.12. The zero-order chi connectivity index (χ0) is 17.5. The maximum Gasteiger partial charge on any atom is 0.274 e. The number of aromatic nitrogens is 3. The van der Waals surface area contributed by atoms with Crippen molar-refractivity contribution in [1.29, 1.82) is 0 Å². The molecule has 0 atom stereocenters. The predicted molar refractivity (Wildman–Crippen MR) is 97.6 cm³/mol. The molecule has 0 aliphatic carbocycles. The number of benzene rings is 1.